The van der Waals surface area contributed by atoms with Crippen LogP contribution >= 0.6 is 0 Å². The number of aryl methyl sites for hydroxylation is 1. The second kappa shape index (κ2) is 9.38. The van der Waals surface area contributed by atoms with Gasteiger partial charge in [0.15, 0.2) is 0 Å². The highest BCUT2D eigenvalue weighted by molar-refractivity contribution is 5.79. The van der Waals surface area contributed by atoms with E-state index in [4.69, 9.17) is 4.74 Å². The highest BCUT2D eigenvalue weighted by atomic mass is 16.5. The van der Waals surface area contributed by atoms with Crippen LogP contribution in [0.25, 0.3) is 0 Å². The van der Waals surface area contributed by atoms with Gasteiger partial charge in [0.25, 0.3) is 0 Å². The van der Waals surface area contributed by atoms with Crippen molar-refractivity contribution in [1.82, 2.24) is 14.7 Å². The molecule has 3 aliphatic rings. The largest absolute Gasteiger partial charge is 0.378 e. The van der Waals surface area contributed by atoms with Crippen molar-refractivity contribution < 1.29 is 9.53 Å². The molecule has 3 saturated heterocycles. The predicted octanol–water partition coefficient (Wildman–Crippen LogP) is 2.53. The van der Waals surface area contributed by atoms with E-state index in [1.165, 1.54) is 24.0 Å². The van der Waals surface area contributed by atoms with Crippen LogP contribution in [-0.2, 0) is 16.1 Å². The fraction of sp³-hybridized carbons (Fsp3) is 0.696. The second-order valence-electron chi connectivity index (χ2n) is 8.71. The zero-order chi connectivity index (χ0) is 19.3. The van der Waals surface area contributed by atoms with Crippen molar-refractivity contribution >= 4 is 5.91 Å². The van der Waals surface area contributed by atoms with E-state index < -0.39 is 0 Å². The molecule has 3 aliphatic heterocycles. The van der Waals surface area contributed by atoms with Gasteiger partial charge >= 0.3 is 0 Å². The first-order valence-corrected chi connectivity index (χ1v) is 11.1. The fourth-order valence-corrected chi connectivity index (χ4v) is 5.05. The number of ether oxygens (including phenoxy) is 1. The molecule has 154 valence electrons. The molecule has 1 atom stereocenters. The van der Waals surface area contributed by atoms with Gasteiger partial charge in [-0.2, -0.15) is 0 Å². The van der Waals surface area contributed by atoms with Gasteiger partial charge < -0.3 is 9.64 Å². The first kappa shape index (κ1) is 19.9. The number of carbonyl (C=O) groups excluding carboxylic acids is 1. The summed E-state index contributed by atoms with van der Waals surface area (Å²) in [5.74, 6) is 0.557. The van der Waals surface area contributed by atoms with Gasteiger partial charge in [-0.25, -0.2) is 0 Å². The lowest BCUT2D eigenvalue weighted by Crippen LogP contribution is -2.52. The van der Waals surface area contributed by atoms with Crippen molar-refractivity contribution in [1.29, 1.82) is 0 Å². The molecule has 1 aromatic carbocycles. The first-order chi connectivity index (χ1) is 13.7. The Morgan fingerprint density at radius 2 is 1.79 bits per heavy atom. The Hall–Kier alpha value is -1.43. The average molecular weight is 386 g/mol. The number of amides is 1. The molecule has 1 aromatic rings. The number of hydrogen-bond donors (Lipinski definition) is 0. The number of likely N-dealkylation sites (tertiary alicyclic amines) is 2. The second-order valence-corrected chi connectivity index (χ2v) is 8.71. The number of hydrogen-bond acceptors (Lipinski definition) is 4. The minimum Gasteiger partial charge on any atom is -0.378 e. The number of carbonyl (C=O) groups is 1. The highest BCUT2D eigenvalue weighted by Gasteiger charge is 2.33. The molecular formula is C23H35N3O2. The molecule has 5 nitrogen and oxygen atoms in total. The number of rotatable bonds is 4. The zero-order valence-corrected chi connectivity index (χ0v) is 17.3. The Kier molecular flexibility index (Phi) is 6.65. The maximum Gasteiger partial charge on any atom is 0.227 e. The van der Waals surface area contributed by atoms with Crippen LogP contribution < -0.4 is 0 Å². The van der Waals surface area contributed by atoms with E-state index in [0.29, 0.717) is 25.2 Å². The summed E-state index contributed by atoms with van der Waals surface area (Å²) in [5.41, 5.74) is 2.85. The smallest absolute Gasteiger partial charge is 0.227 e. The van der Waals surface area contributed by atoms with Gasteiger partial charge in [-0.3, -0.25) is 14.6 Å². The summed E-state index contributed by atoms with van der Waals surface area (Å²) in [4.78, 5) is 20.2. The molecule has 3 fully saturated rings. The first-order valence-electron chi connectivity index (χ1n) is 11.1. The SMILES string of the molecule is Cc1ccccc1CN1CCC(N2CCCC(C(=O)N3CCOCC3)C2)CC1. The summed E-state index contributed by atoms with van der Waals surface area (Å²) in [6, 6.07) is 9.38. The molecule has 0 aromatic heterocycles. The van der Waals surface area contributed by atoms with Crippen molar-refractivity contribution in [3.8, 4) is 0 Å². The van der Waals surface area contributed by atoms with Crippen molar-refractivity contribution in [3.05, 3.63) is 35.4 Å². The van der Waals surface area contributed by atoms with Crippen molar-refractivity contribution in [2.75, 3.05) is 52.5 Å². The molecule has 1 amide bonds. The van der Waals surface area contributed by atoms with Gasteiger partial charge in [-0.1, -0.05) is 24.3 Å². The minimum absolute atomic E-state index is 0.192. The lowest BCUT2D eigenvalue weighted by Gasteiger charge is -2.43. The van der Waals surface area contributed by atoms with Gasteiger partial charge in [-0.05, 0) is 63.4 Å². The highest BCUT2D eigenvalue weighted by Crippen LogP contribution is 2.26. The molecule has 0 saturated carbocycles. The van der Waals surface area contributed by atoms with E-state index in [9.17, 15) is 4.79 Å². The van der Waals surface area contributed by atoms with E-state index in [1.807, 2.05) is 4.90 Å². The van der Waals surface area contributed by atoms with Crippen molar-refractivity contribution in [2.24, 2.45) is 5.92 Å². The quantitative estimate of drug-likeness (QED) is 0.798. The topological polar surface area (TPSA) is 36.0 Å². The molecule has 0 N–H and O–H groups in total. The van der Waals surface area contributed by atoms with Crippen LogP contribution in [0.4, 0.5) is 0 Å². The van der Waals surface area contributed by atoms with Gasteiger partial charge in [0.05, 0.1) is 19.1 Å². The van der Waals surface area contributed by atoms with Gasteiger partial charge in [-0.15, -0.1) is 0 Å². The number of piperidine rings is 2. The number of nitrogens with zero attached hydrogens (tertiary/aromatic N) is 3. The molecule has 3 heterocycles. The maximum atomic E-state index is 12.9. The van der Waals surface area contributed by atoms with E-state index in [1.54, 1.807) is 0 Å². The summed E-state index contributed by atoms with van der Waals surface area (Å²) < 4.78 is 5.40. The predicted molar refractivity (Wildman–Crippen MR) is 111 cm³/mol. The van der Waals surface area contributed by atoms with Crippen LogP contribution in [-0.4, -0.2) is 79.1 Å². The average Bonchev–Trinajstić information content (AvgIpc) is 2.76. The van der Waals surface area contributed by atoms with Crippen molar-refractivity contribution in [2.45, 2.75) is 45.2 Å². The third kappa shape index (κ3) is 4.76. The van der Waals surface area contributed by atoms with Crippen LogP contribution in [0.3, 0.4) is 0 Å². The standard InChI is InChI=1S/C23H35N3O2/c1-19-5-2-3-6-20(19)17-24-11-8-22(9-12-24)26-10-4-7-21(18-26)23(27)25-13-15-28-16-14-25/h2-3,5-6,21-22H,4,7-18H2,1H3. The molecule has 0 bridgehead atoms. The normalized spacial score (nSPS) is 25.8. The minimum atomic E-state index is 0.192. The lowest BCUT2D eigenvalue weighted by molar-refractivity contribution is -0.142. The molecule has 0 radical (unpaired) electrons. The van der Waals surface area contributed by atoms with Crippen LogP contribution in [0, 0.1) is 12.8 Å². The molecule has 1 unspecified atom stereocenters. The van der Waals surface area contributed by atoms with Crippen LogP contribution in [0.2, 0.25) is 0 Å². The maximum absolute atomic E-state index is 12.9. The van der Waals surface area contributed by atoms with E-state index in [-0.39, 0.29) is 5.92 Å². The van der Waals surface area contributed by atoms with Gasteiger partial charge in [0.2, 0.25) is 5.91 Å². The summed E-state index contributed by atoms with van der Waals surface area (Å²) >= 11 is 0. The Bertz CT molecular complexity index is 651. The molecule has 28 heavy (non-hydrogen) atoms. The van der Waals surface area contributed by atoms with Crippen LogP contribution in [0.15, 0.2) is 24.3 Å². The van der Waals surface area contributed by atoms with Crippen LogP contribution in [0.1, 0.15) is 36.8 Å². The van der Waals surface area contributed by atoms with E-state index in [2.05, 4.69) is 41.0 Å². The third-order valence-electron chi connectivity index (χ3n) is 6.85. The monoisotopic (exact) mass is 385 g/mol. The molecule has 5 heteroatoms. The summed E-state index contributed by atoms with van der Waals surface area (Å²) in [7, 11) is 0. The summed E-state index contributed by atoms with van der Waals surface area (Å²) in [5, 5.41) is 0. The Morgan fingerprint density at radius 3 is 2.54 bits per heavy atom. The van der Waals surface area contributed by atoms with Gasteiger partial charge in [0, 0.05) is 32.2 Å². The Labute approximate surface area is 169 Å². The van der Waals surface area contributed by atoms with Gasteiger partial charge in [0.1, 0.15) is 0 Å². The molecular weight excluding hydrogens is 350 g/mol. The molecule has 4 rings (SSSR count). The summed E-state index contributed by atoms with van der Waals surface area (Å²) in [6.45, 7) is 10.7. The molecule has 0 aliphatic carbocycles. The van der Waals surface area contributed by atoms with E-state index in [0.717, 1.165) is 58.7 Å². The molecule has 0 spiro atoms. The Morgan fingerprint density at radius 1 is 1.04 bits per heavy atom. The lowest BCUT2D eigenvalue weighted by atomic mass is 9.92. The Balaban J connectivity index is 1.27. The fourth-order valence-electron chi connectivity index (χ4n) is 5.05. The number of benzene rings is 1. The summed E-state index contributed by atoms with van der Waals surface area (Å²) in [6.07, 6.45) is 4.66. The third-order valence-corrected chi connectivity index (χ3v) is 6.85. The number of morpholine rings is 1. The van der Waals surface area contributed by atoms with Crippen molar-refractivity contribution in [3.63, 3.8) is 0 Å². The van der Waals surface area contributed by atoms with Crippen LogP contribution in [0.5, 0.6) is 0 Å². The zero-order valence-electron chi connectivity index (χ0n) is 17.3. The van der Waals surface area contributed by atoms with E-state index >= 15 is 0 Å².